The Bertz CT molecular complexity index is 200. The summed E-state index contributed by atoms with van der Waals surface area (Å²) in [5.74, 6) is 0. The van der Waals surface area contributed by atoms with Crippen LogP contribution in [0, 0.1) is 0 Å². The molecule has 4 heteroatoms. The van der Waals surface area contributed by atoms with Crippen molar-refractivity contribution in [1.82, 2.24) is 15.1 Å². The summed E-state index contributed by atoms with van der Waals surface area (Å²) in [5, 5.41) is 3.41. The summed E-state index contributed by atoms with van der Waals surface area (Å²) in [6, 6.07) is 1.49. The Morgan fingerprint density at radius 3 is 2.62 bits per heavy atom. The molecule has 2 fully saturated rings. The number of hydrogen-bond donors (Lipinski definition) is 1. The van der Waals surface area contributed by atoms with Crippen LogP contribution in [0.4, 0.5) is 0 Å². The maximum Gasteiger partial charge on any atom is 0.0477 e. The molecule has 0 aromatic rings. The highest BCUT2D eigenvalue weighted by atomic mass is 16.5. The van der Waals surface area contributed by atoms with E-state index in [0.717, 1.165) is 32.2 Å². The number of hydrogen-bond acceptors (Lipinski definition) is 4. The van der Waals surface area contributed by atoms with Gasteiger partial charge >= 0.3 is 0 Å². The second-order valence-corrected chi connectivity index (χ2v) is 5.02. The predicted molar refractivity (Wildman–Crippen MR) is 65.8 cm³/mol. The molecule has 2 aliphatic heterocycles. The number of likely N-dealkylation sites (tertiary alicyclic amines) is 1. The minimum Gasteiger partial charge on any atom is -0.385 e. The second-order valence-electron chi connectivity index (χ2n) is 5.02. The number of methoxy groups -OCH3 is 1. The molecule has 0 radical (unpaired) electrons. The monoisotopic (exact) mass is 227 g/mol. The van der Waals surface area contributed by atoms with E-state index in [1.54, 1.807) is 7.11 Å². The van der Waals surface area contributed by atoms with Gasteiger partial charge in [0.1, 0.15) is 0 Å². The lowest BCUT2D eigenvalue weighted by molar-refractivity contribution is -0.00333. The molecule has 2 rings (SSSR count). The fourth-order valence-electron chi connectivity index (χ4n) is 2.60. The van der Waals surface area contributed by atoms with Crippen molar-refractivity contribution in [2.24, 2.45) is 0 Å². The van der Waals surface area contributed by atoms with Crippen LogP contribution in [0.25, 0.3) is 0 Å². The van der Waals surface area contributed by atoms with Gasteiger partial charge in [-0.05, 0) is 13.3 Å². The van der Waals surface area contributed by atoms with E-state index >= 15 is 0 Å². The highest BCUT2D eigenvalue weighted by Gasteiger charge is 2.34. The molecule has 94 valence electrons. The average molecular weight is 227 g/mol. The zero-order valence-corrected chi connectivity index (χ0v) is 10.6. The Balaban J connectivity index is 1.64. The summed E-state index contributed by atoms with van der Waals surface area (Å²) in [6.07, 6.45) is 1.16. The van der Waals surface area contributed by atoms with E-state index in [2.05, 4.69) is 22.0 Å². The predicted octanol–water partition coefficient (Wildman–Crippen LogP) is 0.000800. The topological polar surface area (TPSA) is 27.7 Å². The summed E-state index contributed by atoms with van der Waals surface area (Å²) in [5.41, 5.74) is 0. The van der Waals surface area contributed by atoms with Crippen molar-refractivity contribution >= 4 is 0 Å². The van der Waals surface area contributed by atoms with Crippen molar-refractivity contribution in [3.05, 3.63) is 0 Å². The first-order chi connectivity index (χ1) is 7.81. The van der Waals surface area contributed by atoms with Gasteiger partial charge in [-0.3, -0.25) is 9.80 Å². The van der Waals surface area contributed by atoms with Crippen molar-refractivity contribution < 1.29 is 4.74 Å². The summed E-state index contributed by atoms with van der Waals surface area (Å²) >= 11 is 0. The largest absolute Gasteiger partial charge is 0.385 e. The van der Waals surface area contributed by atoms with Gasteiger partial charge < -0.3 is 10.1 Å². The van der Waals surface area contributed by atoms with Crippen LogP contribution in [-0.4, -0.2) is 74.9 Å². The van der Waals surface area contributed by atoms with E-state index in [9.17, 15) is 0 Å². The molecule has 2 heterocycles. The maximum atomic E-state index is 5.13. The van der Waals surface area contributed by atoms with Gasteiger partial charge in [-0.25, -0.2) is 0 Å². The van der Waals surface area contributed by atoms with E-state index in [1.165, 1.54) is 26.2 Å². The van der Waals surface area contributed by atoms with Crippen LogP contribution >= 0.6 is 0 Å². The van der Waals surface area contributed by atoms with Gasteiger partial charge in [0.2, 0.25) is 0 Å². The molecule has 0 saturated carbocycles. The number of ether oxygens (including phenoxy) is 1. The number of rotatable bonds is 5. The standard InChI is InChI=1S/C12H25N3O/c1-11(3-8-16-2)15-9-12(10-15)14-6-4-13-5-7-14/h11-13H,3-10H2,1-2H3. The average Bonchev–Trinajstić information content (AvgIpc) is 2.26. The Labute approximate surface area is 98.9 Å². The Kier molecular flexibility index (Phi) is 4.58. The van der Waals surface area contributed by atoms with Gasteiger partial charge in [0.05, 0.1) is 0 Å². The van der Waals surface area contributed by atoms with Crippen LogP contribution in [-0.2, 0) is 4.74 Å². The fraction of sp³-hybridized carbons (Fsp3) is 1.00. The van der Waals surface area contributed by atoms with Crippen LogP contribution in [0.2, 0.25) is 0 Å². The minimum atomic E-state index is 0.680. The van der Waals surface area contributed by atoms with Crippen LogP contribution < -0.4 is 5.32 Å². The van der Waals surface area contributed by atoms with Crippen molar-refractivity contribution in [2.75, 3.05) is 53.0 Å². The van der Waals surface area contributed by atoms with E-state index in [4.69, 9.17) is 4.74 Å². The molecular weight excluding hydrogens is 202 g/mol. The lowest BCUT2D eigenvalue weighted by atomic mass is 10.0. The second kappa shape index (κ2) is 5.96. The first-order valence-corrected chi connectivity index (χ1v) is 6.49. The lowest BCUT2D eigenvalue weighted by Crippen LogP contribution is -2.64. The van der Waals surface area contributed by atoms with Crippen molar-refractivity contribution in [3.63, 3.8) is 0 Å². The fourth-order valence-corrected chi connectivity index (χ4v) is 2.60. The highest BCUT2D eigenvalue weighted by molar-refractivity contribution is 4.91. The zero-order valence-electron chi connectivity index (χ0n) is 10.6. The molecule has 0 aromatic heterocycles. The quantitative estimate of drug-likeness (QED) is 0.715. The SMILES string of the molecule is COCCC(C)N1CC(N2CCNCC2)C1. The third kappa shape index (κ3) is 2.94. The molecule has 0 aliphatic carbocycles. The summed E-state index contributed by atoms with van der Waals surface area (Å²) < 4.78 is 5.13. The smallest absolute Gasteiger partial charge is 0.0477 e. The third-order valence-corrected chi connectivity index (χ3v) is 3.92. The molecule has 0 bridgehead atoms. The molecule has 2 saturated heterocycles. The molecular formula is C12H25N3O. The van der Waals surface area contributed by atoms with Crippen LogP contribution in [0.3, 0.4) is 0 Å². The first kappa shape index (κ1) is 12.3. The molecule has 0 aromatic carbocycles. The van der Waals surface area contributed by atoms with Crippen molar-refractivity contribution in [1.29, 1.82) is 0 Å². The van der Waals surface area contributed by atoms with Crippen molar-refractivity contribution in [2.45, 2.75) is 25.4 Å². The normalized spacial score (nSPS) is 26.6. The molecule has 1 N–H and O–H groups in total. The van der Waals surface area contributed by atoms with Crippen LogP contribution in [0.15, 0.2) is 0 Å². The maximum absolute atomic E-state index is 5.13. The Morgan fingerprint density at radius 1 is 1.31 bits per heavy atom. The minimum absolute atomic E-state index is 0.680. The van der Waals surface area contributed by atoms with Gasteiger partial charge in [0.25, 0.3) is 0 Å². The van der Waals surface area contributed by atoms with E-state index < -0.39 is 0 Å². The molecule has 1 atom stereocenters. The van der Waals surface area contributed by atoms with Crippen molar-refractivity contribution in [3.8, 4) is 0 Å². The van der Waals surface area contributed by atoms with Crippen LogP contribution in [0.5, 0.6) is 0 Å². The van der Waals surface area contributed by atoms with Gasteiger partial charge in [0.15, 0.2) is 0 Å². The molecule has 4 nitrogen and oxygen atoms in total. The zero-order chi connectivity index (χ0) is 11.4. The van der Waals surface area contributed by atoms with Gasteiger partial charge in [-0.2, -0.15) is 0 Å². The number of nitrogens with one attached hydrogen (secondary N) is 1. The van der Waals surface area contributed by atoms with E-state index in [1.807, 2.05) is 0 Å². The lowest BCUT2D eigenvalue weighted by Gasteiger charge is -2.49. The van der Waals surface area contributed by atoms with Gasteiger partial charge in [-0.15, -0.1) is 0 Å². The molecule has 16 heavy (non-hydrogen) atoms. The molecule has 0 spiro atoms. The molecule has 0 amide bonds. The number of nitrogens with zero attached hydrogens (tertiary/aromatic N) is 2. The van der Waals surface area contributed by atoms with Gasteiger partial charge in [-0.1, -0.05) is 0 Å². The first-order valence-electron chi connectivity index (χ1n) is 6.49. The Hall–Kier alpha value is -0.160. The van der Waals surface area contributed by atoms with E-state index in [0.29, 0.717) is 6.04 Å². The molecule has 2 aliphatic rings. The number of piperazine rings is 1. The molecule has 1 unspecified atom stereocenters. The van der Waals surface area contributed by atoms with Crippen LogP contribution in [0.1, 0.15) is 13.3 Å². The highest BCUT2D eigenvalue weighted by Crippen LogP contribution is 2.19. The Morgan fingerprint density at radius 2 is 2.00 bits per heavy atom. The summed E-state index contributed by atoms with van der Waals surface area (Å²) in [6.45, 7) is 10.5. The summed E-state index contributed by atoms with van der Waals surface area (Å²) in [7, 11) is 1.78. The van der Waals surface area contributed by atoms with E-state index in [-0.39, 0.29) is 0 Å². The third-order valence-electron chi connectivity index (χ3n) is 3.92. The van der Waals surface area contributed by atoms with Gasteiger partial charge in [0, 0.05) is 65.1 Å². The summed E-state index contributed by atoms with van der Waals surface area (Å²) in [4.78, 5) is 5.21.